The normalized spacial score (nSPS) is 21.9. The number of nitro groups is 1. The summed E-state index contributed by atoms with van der Waals surface area (Å²) >= 11 is 0. The molecule has 1 atom stereocenters. The topological polar surface area (TPSA) is 81.9 Å². The molecule has 28 heavy (non-hydrogen) atoms. The maximum Gasteiger partial charge on any atom is 0.275 e. The van der Waals surface area contributed by atoms with Crippen LogP contribution >= 0.6 is 0 Å². The number of fused-ring (bicyclic) bond motifs is 2. The van der Waals surface area contributed by atoms with Crippen LogP contribution in [0, 0.1) is 10.1 Å². The molecule has 7 heteroatoms. The zero-order valence-electron chi connectivity index (χ0n) is 15.7. The Bertz CT molecular complexity index is 983. The van der Waals surface area contributed by atoms with Gasteiger partial charge in [-0.2, -0.15) is 0 Å². The average molecular weight is 380 g/mol. The zero-order valence-corrected chi connectivity index (χ0v) is 15.7. The SMILES string of the molecule is CCN1C(=O)C2(CC/C(=C/c3ccc([N+](=O)[O-])cc3)O2)c2ccc(OC)cc21. The van der Waals surface area contributed by atoms with Gasteiger partial charge in [0.15, 0.2) is 0 Å². The van der Waals surface area contributed by atoms with Crippen LogP contribution < -0.4 is 9.64 Å². The van der Waals surface area contributed by atoms with Crippen LogP contribution in [0.3, 0.4) is 0 Å². The fraction of sp³-hybridized carbons (Fsp3) is 0.286. The summed E-state index contributed by atoms with van der Waals surface area (Å²) in [6.07, 6.45) is 3.01. The largest absolute Gasteiger partial charge is 0.497 e. The van der Waals surface area contributed by atoms with Crippen LogP contribution in [0.15, 0.2) is 48.2 Å². The van der Waals surface area contributed by atoms with Gasteiger partial charge in [-0.3, -0.25) is 14.9 Å². The molecule has 1 unspecified atom stereocenters. The van der Waals surface area contributed by atoms with Gasteiger partial charge in [0.25, 0.3) is 11.6 Å². The number of ether oxygens (including phenoxy) is 2. The van der Waals surface area contributed by atoms with E-state index in [9.17, 15) is 14.9 Å². The molecule has 0 aliphatic carbocycles. The van der Waals surface area contributed by atoms with Crippen molar-refractivity contribution < 1.29 is 19.2 Å². The Kier molecular flexibility index (Phi) is 4.30. The first kappa shape index (κ1) is 18.0. The zero-order chi connectivity index (χ0) is 19.9. The second-order valence-corrected chi connectivity index (χ2v) is 6.82. The van der Waals surface area contributed by atoms with E-state index in [0.29, 0.717) is 30.9 Å². The second-order valence-electron chi connectivity index (χ2n) is 6.82. The molecule has 1 amide bonds. The molecule has 2 heterocycles. The molecular formula is C21H20N2O5. The van der Waals surface area contributed by atoms with Gasteiger partial charge in [-0.15, -0.1) is 0 Å². The Balaban J connectivity index is 1.67. The van der Waals surface area contributed by atoms with Gasteiger partial charge in [-0.1, -0.05) is 0 Å². The molecule has 2 aliphatic heterocycles. The summed E-state index contributed by atoms with van der Waals surface area (Å²) in [6, 6.07) is 11.9. The highest BCUT2D eigenvalue weighted by Gasteiger charge is 2.55. The molecule has 0 aromatic heterocycles. The van der Waals surface area contributed by atoms with E-state index in [1.165, 1.54) is 12.1 Å². The number of nitro benzene ring substituents is 1. The highest BCUT2D eigenvalue weighted by Crippen LogP contribution is 2.52. The van der Waals surface area contributed by atoms with Crippen LogP contribution in [0.2, 0.25) is 0 Å². The Labute approximate surface area is 162 Å². The van der Waals surface area contributed by atoms with E-state index in [1.807, 2.05) is 31.2 Å². The first-order valence-corrected chi connectivity index (χ1v) is 9.13. The number of amides is 1. The summed E-state index contributed by atoms with van der Waals surface area (Å²) in [5.74, 6) is 1.33. The average Bonchev–Trinajstić information content (AvgIpc) is 3.22. The van der Waals surface area contributed by atoms with Gasteiger partial charge in [-0.05, 0) is 42.8 Å². The molecule has 0 radical (unpaired) electrons. The van der Waals surface area contributed by atoms with Crippen molar-refractivity contribution in [2.24, 2.45) is 0 Å². The molecule has 0 N–H and O–H groups in total. The minimum Gasteiger partial charge on any atom is -0.497 e. The van der Waals surface area contributed by atoms with Gasteiger partial charge < -0.3 is 14.4 Å². The lowest BCUT2D eigenvalue weighted by atomic mass is 9.92. The monoisotopic (exact) mass is 380 g/mol. The number of anilines is 1. The van der Waals surface area contributed by atoms with Crippen LogP contribution in [0.25, 0.3) is 6.08 Å². The number of nitrogens with zero attached hydrogens (tertiary/aromatic N) is 2. The number of carbonyl (C=O) groups excluding carboxylic acids is 1. The molecule has 0 bridgehead atoms. The summed E-state index contributed by atoms with van der Waals surface area (Å²) < 4.78 is 11.5. The maximum atomic E-state index is 13.2. The number of allylic oxidation sites excluding steroid dienone is 1. The second kappa shape index (κ2) is 6.67. The number of hydrogen-bond donors (Lipinski definition) is 0. The van der Waals surface area contributed by atoms with E-state index in [4.69, 9.17) is 9.47 Å². The predicted molar refractivity (Wildman–Crippen MR) is 104 cm³/mol. The minimum absolute atomic E-state index is 0.0402. The standard InChI is InChI=1S/C21H20N2O5/c1-3-22-19-13-16(27-2)8-9-18(19)21(20(22)24)11-10-17(28-21)12-14-4-6-15(7-5-14)23(25)26/h4-9,12-13H,3,10-11H2,1-2H3/b17-12-. The van der Waals surface area contributed by atoms with Gasteiger partial charge in [0, 0.05) is 43.1 Å². The summed E-state index contributed by atoms with van der Waals surface area (Å²) in [4.78, 5) is 25.3. The highest BCUT2D eigenvalue weighted by molar-refractivity contribution is 6.07. The van der Waals surface area contributed by atoms with Crippen LogP contribution in [-0.2, 0) is 15.1 Å². The lowest BCUT2D eigenvalue weighted by Crippen LogP contribution is -2.39. The smallest absolute Gasteiger partial charge is 0.275 e. The summed E-state index contributed by atoms with van der Waals surface area (Å²) in [5, 5.41) is 10.8. The molecule has 2 aliphatic rings. The molecule has 2 aromatic rings. The molecule has 1 spiro atoms. The third-order valence-electron chi connectivity index (χ3n) is 5.30. The highest BCUT2D eigenvalue weighted by atomic mass is 16.6. The number of non-ortho nitro benzene ring substituents is 1. The van der Waals surface area contributed by atoms with Crippen molar-refractivity contribution >= 4 is 23.4 Å². The van der Waals surface area contributed by atoms with Crippen LogP contribution in [0.5, 0.6) is 5.75 Å². The number of carbonyl (C=O) groups is 1. The van der Waals surface area contributed by atoms with Crippen molar-refractivity contribution in [2.75, 3.05) is 18.6 Å². The summed E-state index contributed by atoms with van der Waals surface area (Å²) in [7, 11) is 1.60. The van der Waals surface area contributed by atoms with Crippen molar-refractivity contribution in [3.05, 3.63) is 69.5 Å². The summed E-state index contributed by atoms with van der Waals surface area (Å²) in [5.41, 5.74) is 1.50. The Morgan fingerprint density at radius 1 is 1.29 bits per heavy atom. The molecule has 0 saturated carbocycles. The Morgan fingerprint density at radius 2 is 2.04 bits per heavy atom. The Morgan fingerprint density at radius 3 is 2.68 bits per heavy atom. The lowest BCUT2D eigenvalue weighted by molar-refractivity contribution is -0.384. The molecule has 7 nitrogen and oxygen atoms in total. The van der Waals surface area contributed by atoms with Crippen molar-refractivity contribution in [1.82, 2.24) is 0 Å². The lowest BCUT2D eigenvalue weighted by Gasteiger charge is -2.23. The van der Waals surface area contributed by atoms with Crippen molar-refractivity contribution in [3.8, 4) is 5.75 Å². The summed E-state index contributed by atoms with van der Waals surface area (Å²) in [6.45, 7) is 2.48. The van der Waals surface area contributed by atoms with Gasteiger partial charge in [0.1, 0.15) is 5.75 Å². The van der Waals surface area contributed by atoms with Crippen molar-refractivity contribution in [2.45, 2.75) is 25.4 Å². The number of benzene rings is 2. The predicted octanol–water partition coefficient (Wildman–Crippen LogP) is 4.02. The van der Waals surface area contributed by atoms with Crippen LogP contribution in [0.1, 0.15) is 30.9 Å². The fourth-order valence-electron chi connectivity index (χ4n) is 3.90. The third-order valence-corrected chi connectivity index (χ3v) is 5.30. The van der Waals surface area contributed by atoms with E-state index >= 15 is 0 Å². The third kappa shape index (κ3) is 2.70. The molecule has 1 fully saturated rings. The minimum atomic E-state index is -1.01. The van der Waals surface area contributed by atoms with E-state index in [2.05, 4.69) is 0 Å². The molecule has 1 saturated heterocycles. The first-order chi connectivity index (χ1) is 13.5. The fourth-order valence-corrected chi connectivity index (χ4v) is 3.90. The van der Waals surface area contributed by atoms with Crippen molar-refractivity contribution in [1.29, 1.82) is 0 Å². The quantitative estimate of drug-likeness (QED) is 0.591. The Hall–Kier alpha value is -3.35. The number of likely N-dealkylation sites (N-methyl/N-ethyl adjacent to an activating group) is 1. The molecule has 144 valence electrons. The van der Waals surface area contributed by atoms with E-state index in [0.717, 1.165) is 16.8 Å². The number of rotatable bonds is 4. The van der Waals surface area contributed by atoms with Gasteiger partial charge in [-0.25, -0.2) is 0 Å². The van der Waals surface area contributed by atoms with E-state index < -0.39 is 10.5 Å². The maximum absolute atomic E-state index is 13.2. The molecule has 4 rings (SSSR count). The van der Waals surface area contributed by atoms with Crippen LogP contribution in [-0.4, -0.2) is 24.5 Å². The molecular weight excluding hydrogens is 360 g/mol. The van der Waals surface area contributed by atoms with E-state index in [1.54, 1.807) is 24.1 Å². The van der Waals surface area contributed by atoms with Gasteiger partial charge in [0.05, 0.1) is 23.5 Å². The van der Waals surface area contributed by atoms with Crippen LogP contribution in [0.4, 0.5) is 11.4 Å². The van der Waals surface area contributed by atoms with E-state index in [-0.39, 0.29) is 11.6 Å². The number of hydrogen-bond acceptors (Lipinski definition) is 5. The van der Waals surface area contributed by atoms with Crippen molar-refractivity contribution in [3.63, 3.8) is 0 Å². The number of methoxy groups -OCH3 is 1. The molecule has 2 aromatic carbocycles. The first-order valence-electron chi connectivity index (χ1n) is 9.13. The van der Waals surface area contributed by atoms with Gasteiger partial charge >= 0.3 is 0 Å². The van der Waals surface area contributed by atoms with Gasteiger partial charge in [0.2, 0.25) is 5.60 Å².